The summed E-state index contributed by atoms with van der Waals surface area (Å²) in [6, 6.07) is 8.94. The largest absolute Gasteiger partial charge is 0.398 e. The molecule has 1 aromatic carbocycles. The first-order chi connectivity index (χ1) is 10.3. The second kappa shape index (κ2) is 5.16. The van der Waals surface area contributed by atoms with Gasteiger partial charge in [0, 0.05) is 20.9 Å². The first-order valence-electron chi connectivity index (χ1n) is 8.28. The molecular formula is C19H26BNS. The van der Waals surface area contributed by atoms with Gasteiger partial charge < -0.3 is 5.73 Å². The van der Waals surface area contributed by atoms with E-state index in [1.165, 1.54) is 26.2 Å². The van der Waals surface area contributed by atoms with Crippen LogP contribution < -0.4 is 16.7 Å². The molecule has 116 valence electrons. The number of nitrogens with two attached hydrogens (primary N) is 1. The van der Waals surface area contributed by atoms with Crippen molar-refractivity contribution in [1.82, 2.24) is 0 Å². The first-order valence-corrected chi connectivity index (χ1v) is 9.10. The fraction of sp³-hybridized carbons (Fsp3) is 0.474. The Morgan fingerprint density at radius 2 is 1.73 bits per heavy atom. The summed E-state index contributed by atoms with van der Waals surface area (Å²) in [5, 5.41) is 0. The Bertz CT molecular complexity index is 712. The van der Waals surface area contributed by atoms with E-state index in [1.54, 1.807) is 0 Å². The lowest BCUT2D eigenvalue weighted by Crippen LogP contribution is -2.55. The normalized spacial score (nSPS) is 16.1. The minimum absolute atomic E-state index is 0.0449. The van der Waals surface area contributed by atoms with Gasteiger partial charge in [0.25, 0.3) is 0 Å². The Hall–Kier alpha value is -1.22. The molecule has 0 unspecified atom stereocenters. The van der Waals surface area contributed by atoms with Gasteiger partial charge in [0.1, 0.15) is 0 Å². The standard InChI is InChI=1S/C19H26BNS/c1-11(2)17-16(21)15-18(22-17)19(5,6)13-9-7-8-10-14(13)20(15)12(3)4/h7-12H,21H2,1-6H3. The summed E-state index contributed by atoms with van der Waals surface area (Å²) >= 11 is 1.94. The second-order valence-corrected chi connectivity index (χ2v) is 8.76. The van der Waals surface area contributed by atoms with E-state index in [0.717, 1.165) is 5.69 Å². The van der Waals surface area contributed by atoms with Gasteiger partial charge in [-0.3, -0.25) is 0 Å². The van der Waals surface area contributed by atoms with Crippen molar-refractivity contribution in [1.29, 1.82) is 0 Å². The van der Waals surface area contributed by atoms with Gasteiger partial charge in [0.15, 0.2) is 0 Å². The molecule has 0 fully saturated rings. The summed E-state index contributed by atoms with van der Waals surface area (Å²) in [5.41, 5.74) is 12.1. The number of fused-ring (bicyclic) bond motifs is 2. The van der Waals surface area contributed by atoms with Crippen LogP contribution in [-0.4, -0.2) is 6.71 Å². The molecule has 1 aliphatic heterocycles. The molecule has 0 aliphatic carbocycles. The van der Waals surface area contributed by atoms with Crippen LogP contribution in [-0.2, 0) is 5.41 Å². The van der Waals surface area contributed by atoms with Crippen molar-refractivity contribution in [3.05, 3.63) is 39.6 Å². The lowest BCUT2D eigenvalue weighted by molar-refractivity contribution is 0.659. The zero-order chi connectivity index (χ0) is 16.2. The van der Waals surface area contributed by atoms with Gasteiger partial charge in [-0.2, -0.15) is 0 Å². The molecule has 0 bridgehead atoms. The van der Waals surface area contributed by atoms with Gasteiger partial charge in [-0.1, -0.05) is 77.1 Å². The average Bonchev–Trinajstić information content (AvgIpc) is 2.78. The highest BCUT2D eigenvalue weighted by Gasteiger charge is 2.43. The molecule has 2 aromatic rings. The summed E-state index contributed by atoms with van der Waals surface area (Å²) in [5.74, 6) is 1.04. The Kier molecular flexibility index (Phi) is 3.68. The van der Waals surface area contributed by atoms with Crippen LogP contribution in [0.2, 0.25) is 5.82 Å². The molecule has 3 heteroatoms. The van der Waals surface area contributed by atoms with E-state index in [2.05, 4.69) is 65.8 Å². The lowest BCUT2D eigenvalue weighted by Gasteiger charge is -2.37. The average molecular weight is 311 g/mol. The van der Waals surface area contributed by atoms with E-state index in [9.17, 15) is 0 Å². The van der Waals surface area contributed by atoms with Crippen molar-refractivity contribution in [2.45, 2.75) is 58.7 Å². The van der Waals surface area contributed by atoms with E-state index in [4.69, 9.17) is 5.73 Å². The quantitative estimate of drug-likeness (QED) is 0.830. The van der Waals surface area contributed by atoms with Crippen molar-refractivity contribution >= 4 is 34.7 Å². The molecule has 3 rings (SSSR count). The third-order valence-electron chi connectivity index (χ3n) is 5.05. The van der Waals surface area contributed by atoms with Gasteiger partial charge in [-0.15, -0.1) is 11.3 Å². The lowest BCUT2D eigenvalue weighted by atomic mass is 9.30. The summed E-state index contributed by atoms with van der Waals surface area (Å²) in [4.78, 5) is 2.84. The Morgan fingerprint density at radius 3 is 2.32 bits per heavy atom. The number of thiophene rings is 1. The first kappa shape index (κ1) is 15.7. The Labute approximate surface area is 139 Å². The fourth-order valence-electron chi connectivity index (χ4n) is 3.98. The minimum atomic E-state index is 0.0449. The molecule has 0 saturated heterocycles. The van der Waals surface area contributed by atoms with Crippen LogP contribution in [0, 0.1) is 0 Å². The number of hydrogen-bond donors (Lipinski definition) is 1. The molecular weight excluding hydrogens is 285 g/mol. The van der Waals surface area contributed by atoms with Crippen LogP contribution in [0.25, 0.3) is 0 Å². The summed E-state index contributed by atoms with van der Waals surface area (Å²) in [6.07, 6.45) is 0. The van der Waals surface area contributed by atoms with E-state index in [1.807, 2.05) is 11.3 Å². The summed E-state index contributed by atoms with van der Waals surface area (Å²) in [6.45, 7) is 14.2. The van der Waals surface area contributed by atoms with Crippen molar-refractivity contribution < 1.29 is 0 Å². The van der Waals surface area contributed by atoms with Crippen LogP contribution in [0.1, 0.15) is 62.8 Å². The monoisotopic (exact) mass is 311 g/mol. The Morgan fingerprint density at radius 1 is 1.09 bits per heavy atom. The number of nitrogen functional groups attached to an aromatic ring is 1. The molecule has 2 N–H and O–H groups in total. The molecule has 1 aliphatic rings. The molecule has 0 amide bonds. The van der Waals surface area contributed by atoms with E-state index < -0.39 is 0 Å². The van der Waals surface area contributed by atoms with Gasteiger partial charge >= 0.3 is 0 Å². The molecule has 0 saturated carbocycles. The SMILES string of the molecule is CC(C)B1c2ccccc2C(C)(C)c2sc(C(C)C)c(N)c21. The van der Waals surface area contributed by atoms with E-state index >= 15 is 0 Å². The molecule has 0 atom stereocenters. The van der Waals surface area contributed by atoms with Crippen LogP contribution in [0.3, 0.4) is 0 Å². The maximum Gasteiger partial charge on any atom is 0.216 e. The minimum Gasteiger partial charge on any atom is -0.398 e. The zero-order valence-corrected chi connectivity index (χ0v) is 15.3. The van der Waals surface area contributed by atoms with E-state index in [0.29, 0.717) is 18.4 Å². The Balaban J connectivity index is 2.36. The van der Waals surface area contributed by atoms with Gasteiger partial charge in [0.2, 0.25) is 6.71 Å². The predicted molar refractivity (Wildman–Crippen MR) is 102 cm³/mol. The number of hydrogen-bond acceptors (Lipinski definition) is 2. The van der Waals surface area contributed by atoms with Crippen molar-refractivity contribution in [2.75, 3.05) is 5.73 Å². The molecule has 2 heterocycles. The summed E-state index contributed by atoms with van der Waals surface area (Å²) < 4.78 is 0. The smallest absolute Gasteiger partial charge is 0.216 e. The maximum absolute atomic E-state index is 6.64. The molecule has 0 radical (unpaired) electrons. The van der Waals surface area contributed by atoms with Gasteiger partial charge in [-0.05, 0) is 16.9 Å². The molecule has 0 spiro atoms. The van der Waals surface area contributed by atoms with Crippen molar-refractivity contribution in [2.24, 2.45) is 0 Å². The highest BCUT2D eigenvalue weighted by atomic mass is 32.1. The number of rotatable bonds is 2. The van der Waals surface area contributed by atoms with Crippen molar-refractivity contribution in [3.63, 3.8) is 0 Å². The van der Waals surface area contributed by atoms with Gasteiger partial charge in [0.05, 0.1) is 0 Å². The number of anilines is 1. The second-order valence-electron chi connectivity index (χ2n) is 7.71. The highest BCUT2D eigenvalue weighted by molar-refractivity contribution is 7.15. The highest BCUT2D eigenvalue weighted by Crippen LogP contribution is 2.43. The van der Waals surface area contributed by atoms with E-state index in [-0.39, 0.29) is 5.41 Å². The third-order valence-corrected chi connectivity index (χ3v) is 6.90. The van der Waals surface area contributed by atoms with Crippen LogP contribution in [0.4, 0.5) is 5.69 Å². The zero-order valence-electron chi connectivity index (χ0n) is 14.5. The fourth-order valence-corrected chi connectivity index (χ4v) is 5.37. The summed E-state index contributed by atoms with van der Waals surface area (Å²) in [7, 11) is 0. The van der Waals surface area contributed by atoms with Crippen LogP contribution >= 0.6 is 11.3 Å². The van der Waals surface area contributed by atoms with Crippen molar-refractivity contribution in [3.8, 4) is 0 Å². The molecule has 22 heavy (non-hydrogen) atoms. The van der Waals surface area contributed by atoms with Crippen LogP contribution in [0.15, 0.2) is 24.3 Å². The molecule has 1 nitrogen and oxygen atoms in total. The van der Waals surface area contributed by atoms with Gasteiger partial charge in [-0.25, -0.2) is 0 Å². The molecule has 1 aromatic heterocycles. The third kappa shape index (κ3) is 2.05. The van der Waals surface area contributed by atoms with Crippen LogP contribution in [0.5, 0.6) is 0 Å². The topological polar surface area (TPSA) is 26.0 Å². The predicted octanol–water partition coefficient (Wildman–Crippen LogP) is 4.11. The maximum atomic E-state index is 6.64. The number of benzene rings is 1.